The number of fused-ring (bicyclic) bond motifs is 7. The molecule has 4 aliphatic carbocycles. The minimum Gasteiger partial charge on any atom is -0.393 e. The molecule has 5 nitrogen and oxygen atoms in total. The number of hydrogen-bond donors (Lipinski definition) is 3. The van der Waals surface area contributed by atoms with Crippen molar-refractivity contribution in [1.29, 1.82) is 0 Å². The molecule has 14 unspecified atom stereocenters. The van der Waals surface area contributed by atoms with Crippen molar-refractivity contribution in [2.75, 3.05) is 6.61 Å². The molecule has 182 valence electrons. The normalized spacial score (nSPS) is 64.0. The molecule has 14 atom stereocenters. The van der Waals surface area contributed by atoms with E-state index in [1.807, 2.05) is 0 Å². The largest absolute Gasteiger partial charge is 0.393 e. The minimum absolute atomic E-state index is 0.0118. The van der Waals surface area contributed by atoms with Crippen LogP contribution in [0.25, 0.3) is 0 Å². The summed E-state index contributed by atoms with van der Waals surface area (Å²) in [5.41, 5.74) is -0.116. The maximum atomic E-state index is 11.8. The molecule has 6 aliphatic rings. The van der Waals surface area contributed by atoms with Crippen LogP contribution in [0.3, 0.4) is 0 Å². The highest BCUT2D eigenvalue weighted by atomic mass is 16.7. The molecule has 0 aromatic heterocycles. The van der Waals surface area contributed by atoms with Crippen molar-refractivity contribution in [2.45, 2.75) is 109 Å². The molecule has 0 aromatic rings. The molecule has 32 heavy (non-hydrogen) atoms. The molecule has 2 aliphatic heterocycles. The Balaban J connectivity index is 1.30. The quantitative estimate of drug-likeness (QED) is 0.526. The molecular weight excluding hydrogens is 404 g/mol. The van der Waals surface area contributed by atoms with Gasteiger partial charge in [0, 0.05) is 23.7 Å². The van der Waals surface area contributed by atoms with Crippen molar-refractivity contribution in [3.63, 3.8) is 0 Å². The molecule has 6 rings (SSSR count). The molecule has 6 fully saturated rings. The highest BCUT2D eigenvalue weighted by Crippen LogP contribution is 2.71. The van der Waals surface area contributed by atoms with Crippen molar-refractivity contribution >= 4 is 0 Å². The van der Waals surface area contributed by atoms with Gasteiger partial charge in [-0.3, -0.25) is 0 Å². The average molecular weight is 449 g/mol. The van der Waals surface area contributed by atoms with Crippen LogP contribution in [0.4, 0.5) is 0 Å². The Labute approximate surface area is 193 Å². The van der Waals surface area contributed by atoms with Crippen molar-refractivity contribution in [3.8, 4) is 0 Å². The number of aliphatic hydroxyl groups excluding tert-OH is 3. The Hall–Kier alpha value is -0.200. The maximum Gasteiger partial charge on any atom is 0.171 e. The van der Waals surface area contributed by atoms with E-state index in [1.54, 1.807) is 0 Å². The molecule has 2 saturated heterocycles. The Morgan fingerprint density at radius 3 is 2.38 bits per heavy atom. The van der Waals surface area contributed by atoms with Gasteiger partial charge >= 0.3 is 0 Å². The van der Waals surface area contributed by atoms with E-state index < -0.39 is 18.0 Å². The average Bonchev–Trinajstić information content (AvgIpc) is 3.19. The molecule has 1 spiro atoms. The van der Waals surface area contributed by atoms with Gasteiger partial charge in [-0.2, -0.15) is 0 Å². The van der Waals surface area contributed by atoms with Crippen LogP contribution < -0.4 is 0 Å². The number of ether oxygens (including phenoxy) is 2. The zero-order valence-electron chi connectivity index (χ0n) is 20.4. The predicted molar refractivity (Wildman–Crippen MR) is 121 cm³/mol. The fraction of sp³-hybridized carbons (Fsp3) is 1.00. The first-order chi connectivity index (χ1) is 15.1. The molecule has 4 saturated carbocycles. The number of aliphatic hydroxyl groups is 3. The topological polar surface area (TPSA) is 79.2 Å². The van der Waals surface area contributed by atoms with Gasteiger partial charge in [0.2, 0.25) is 0 Å². The van der Waals surface area contributed by atoms with Crippen LogP contribution in [0.1, 0.15) is 79.1 Å². The lowest BCUT2D eigenvalue weighted by atomic mass is 9.43. The van der Waals surface area contributed by atoms with Crippen LogP contribution in [0.2, 0.25) is 0 Å². The van der Waals surface area contributed by atoms with Crippen LogP contribution in [-0.2, 0) is 9.47 Å². The van der Waals surface area contributed by atoms with Crippen LogP contribution in [0.5, 0.6) is 0 Å². The van der Waals surface area contributed by atoms with E-state index >= 15 is 0 Å². The summed E-state index contributed by atoms with van der Waals surface area (Å²) in [6.45, 7) is 10.1. The van der Waals surface area contributed by atoms with Gasteiger partial charge in [-0.1, -0.05) is 27.7 Å². The molecule has 0 amide bonds. The van der Waals surface area contributed by atoms with Gasteiger partial charge in [-0.05, 0) is 80.0 Å². The Morgan fingerprint density at radius 2 is 1.66 bits per heavy atom. The Kier molecular flexibility index (Phi) is 4.99. The summed E-state index contributed by atoms with van der Waals surface area (Å²) in [5, 5.41) is 32.7. The van der Waals surface area contributed by atoms with Crippen molar-refractivity contribution in [1.82, 2.24) is 0 Å². The van der Waals surface area contributed by atoms with Gasteiger partial charge in [-0.15, -0.1) is 0 Å². The van der Waals surface area contributed by atoms with Gasteiger partial charge < -0.3 is 24.8 Å². The van der Waals surface area contributed by atoms with E-state index in [4.69, 9.17) is 9.47 Å². The second-order valence-electron chi connectivity index (χ2n) is 13.3. The van der Waals surface area contributed by atoms with Crippen LogP contribution in [0.15, 0.2) is 0 Å². The van der Waals surface area contributed by atoms with Crippen LogP contribution >= 0.6 is 0 Å². The summed E-state index contributed by atoms with van der Waals surface area (Å²) in [6, 6.07) is 0. The summed E-state index contributed by atoms with van der Waals surface area (Å²) >= 11 is 0. The zero-order chi connectivity index (χ0) is 22.6. The molecule has 3 N–H and O–H groups in total. The minimum atomic E-state index is -0.627. The van der Waals surface area contributed by atoms with E-state index in [0.29, 0.717) is 54.3 Å². The van der Waals surface area contributed by atoms with E-state index in [1.165, 1.54) is 6.42 Å². The lowest BCUT2D eigenvalue weighted by Gasteiger charge is -2.63. The monoisotopic (exact) mass is 448 g/mol. The Bertz CT molecular complexity index is 748. The second-order valence-corrected chi connectivity index (χ2v) is 13.3. The van der Waals surface area contributed by atoms with Crippen molar-refractivity contribution in [3.05, 3.63) is 0 Å². The molecule has 2 heterocycles. The van der Waals surface area contributed by atoms with Crippen molar-refractivity contribution < 1.29 is 24.8 Å². The van der Waals surface area contributed by atoms with E-state index in [0.717, 1.165) is 38.7 Å². The first-order valence-electron chi connectivity index (χ1n) is 13.5. The zero-order valence-corrected chi connectivity index (χ0v) is 20.4. The van der Waals surface area contributed by atoms with Crippen LogP contribution in [-0.4, -0.2) is 52.1 Å². The van der Waals surface area contributed by atoms with E-state index in [-0.39, 0.29) is 23.0 Å². The van der Waals surface area contributed by atoms with Gasteiger partial charge in [0.05, 0.1) is 31.0 Å². The molecule has 0 bridgehead atoms. The summed E-state index contributed by atoms with van der Waals surface area (Å²) in [5.74, 6) is 2.73. The summed E-state index contributed by atoms with van der Waals surface area (Å²) in [7, 11) is 0. The fourth-order valence-electron chi connectivity index (χ4n) is 10.2. The van der Waals surface area contributed by atoms with E-state index in [9.17, 15) is 15.3 Å². The third-order valence-corrected chi connectivity index (χ3v) is 12.1. The number of rotatable bonds is 0. The lowest BCUT2D eigenvalue weighted by Crippen LogP contribution is -2.61. The highest BCUT2D eigenvalue weighted by molar-refractivity contribution is 5.18. The first-order valence-corrected chi connectivity index (χ1v) is 13.5. The first kappa shape index (κ1) is 22.3. The van der Waals surface area contributed by atoms with E-state index in [2.05, 4.69) is 27.7 Å². The SMILES string of the molecule is CC1CCC2(OC1)OC1CC3C4CCC5CC(O)C(O)CC5(C)C4CC(O)C3(C)C1C2C. The lowest BCUT2D eigenvalue weighted by molar-refractivity contribution is -0.274. The third-order valence-electron chi connectivity index (χ3n) is 12.1. The summed E-state index contributed by atoms with van der Waals surface area (Å²) in [6.07, 6.45) is 6.34. The smallest absolute Gasteiger partial charge is 0.171 e. The second kappa shape index (κ2) is 7.16. The molecular formula is C27H44O5. The van der Waals surface area contributed by atoms with Gasteiger partial charge in [-0.25, -0.2) is 0 Å². The van der Waals surface area contributed by atoms with Gasteiger partial charge in [0.1, 0.15) is 0 Å². The van der Waals surface area contributed by atoms with Gasteiger partial charge in [0.15, 0.2) is 5.79 Å². The standard InChI is InChI=1S/C27H44O5/c1-14-7-8-27(31-13-14)15(2)24-22(32-27)10-19-17-6-5-16-9-20(28)21(29)12-25(16,3)18(17)11-23(30)26(19,24)4/h14-24,28-30H,5-13H2,1-4H3. The van der Waals surface area contributed by atoms with Crippen molar-refractivity contribution in [2.24, 2.45) is 52.3 Å². The van der Waals surface area contributed by atoms with Gasteiger partial charge in [0.25, 0.3) is 0 Å². The third kappa shape index (κ3) is 2.75. The summed E-state index contributed by atoms with van der Waals surface area (Å²) in [4.78, 5) is 0. The fourth-order valence-corrected chi connectivity index (χ4v) is 10.2. The summed E-state index contributed by atoms with van der Waals surface area (Å²) < 4.78 is 13.2. The number of hydrogen-bond acceptors (Lipinski definition) is 5. The molecule has 0 radical (unpaired) electrons. The highest BCUT2D eigenvalue weighted by Gasteiger charge is 2.71. The Morgan fingerprint density at radius 1 is 0.875 bits per heavy atom. The van der Waals surface area contributed by atoms with Crippen LogP contribution in [0, 0.1) is 52.3 Å². The molecule has 5 heteroatoms. The predicted octanol–water partition coefficient (Wildman–Crippen LogP) is 3.74. The maximum absolute atomic E-state index is 11.8. The molecule has 0 aromatic carbocycles.